The van der Waals surface area contributed by atoms with E-state index in [-0.39, 0.29) is 0 Å². The Kier molecular flexibility index (Phi) is 2.18. The van der Waals surface area contributed by atoms with Crippen LogP contribution < -0.4 is 10.2 Å². The first kappa shape index (κ1) is 10.9. The van der Waals surface area contributed by atoms with Crippen LogP contribution in [0.3, 0.4) is 0 Å². The molecule has 0 radical (unpaired) electrons. The zero-order valence-corrected chi connectivity index (χ0v) is 9.14. The molecule has 1 aromatic carbocycles. The summed E-state index contributed by atoms with van der Waals surface area (Å²) in [6.45, 7) is 3.10. The van der Waals surface area contributed by atoms with Crippen molar-refractivity contribution in [2.24, 2.45) is 0 Å². The molecule has 1 aliphatic rings. The summed E-state index contributed by atoms with van der Waals surface area (Å²) in [5, 5.41) is 22.5. The van der Waals surface area contributed by atoms with E-state index in [1.807, 2.05) is 0 Å². The van der Waals surface area contributed by atoms with Crippen molar-refractivity contribution in [2.75, 3.05) is 4.90 Å². The van der Waals surface area contributed by atoms with Crippen molar-refractivity contribution in [1.29, 1.82) is 0 Å². The Labute approximate surface area is 93.3 Å². The Morgan fingerprint density at radius 1 is 1.19 bits per heavy atom. The maximum absolute atomic E-state index is 11.7. The van der Waals surface area contributed by atoms with Gasteiger partial charge in [-0.3, -0.25) is 0 Å². The second kappa shape index (κ2) is 3.20. The number of hydrogen-bond donors (Lipinski definition) is 3. The van der Waals surface area contributed by atoms with Gasteiger partial charge in [0.25, 0.3) is 5.91 Å². The summed E-state index contributed by atoms with van der Waals surface area (Å²) < 4.78 is 0. The Morgan fingerprint density at radius 3 is 2.19 bits per heavy atom. The van der Waals surface area contributed by atoms with Crippen LogP contribution in [0, 0.1) is 0 Å². The van der Waals surface area contributed by atoms with E-state index in [0.717, 1.165) is 4.90 Å². The Morgan fingerprint density at radius 2 is 1.75 bits per heavy atom. The summed E-state index contributed by atoms with van der Waals surface area (Å²) in [6, 6.07) is 8.00. The van der Waals surface area contributed by atoms with Crippen molar-refractivity contribution in [1.82, 2.24) is 5.32 Å². The normalized spacial score (nSPS) is 22.0. The highest BCUT2D eigenvalue weighted by Crippen LogP contribution is 2.34. The van der Waals surface area contributed by atoms with Gasteiger partial charge >= 0.3 is 6.03 Å². The lowest BCUT2D eigenvalue weighted by molar-refractivity contribution is -0.186. The smallest absolute Gasteiger partial charge is 0.326 e. The van der Waals surface area contributed by atoms with Crippen molar-refractivity contribution in [3.63, 3.8) is 0 Å². The fourth-order valence-electron chi connectivity index (χ4n) is 1.70. The van der Waals surface area contributed by atoms with Gasteiger partial charge in [0.1, 0.15) is 5.54 Å². The number of aliphatic hydroxyl groups is 2. The highest BCUT2D eigenvalue weighted by molar-refractivity contribution is 5.96. The molecule has 0 aliphatic carbocycles. The van der Waals surface area contributed by atoms with Crippen LogP contribution in [0.4, 0.5) is 10.5 Å². The van der Waals surface area contributed by atoms with Crippen LogP contribution in [0.2, 0.25) is 0 Å². The summed E-state index contributed by atoms with van der Waals surface area (Å²) in [5.74, 6) is -2.24. The molecule has 1 fully saturated rings. The van der Waals surface area contributed by atoms with E-state index in [0.29, 0.717) is 5.69 Å². The van der Waals surface area contributed by atoms with Crippen LogP contribution in [0.1, 0.15) is 13.8 Å². The molecule has 3 N–H and O–H groups in total. The van der Waals surface area contributed by atoms with Gasteiger partial charge in [-0.05, 0) is 26.0 Å². The third kappa shape index (κ3) is 1.36. The van der Waals surface area contributed by atoms with E-state index in [4.69, 9.17) is 0 Å². The SMILES string of the molecule is CC1(C)NC(=O)N(c2ccccc2)C1(O)O. The van der Waals surface area contributed by atoms with E-state index in [1.54, 1.807) is 44.2 Å². The highest BCUT2D eigenvalue weighted by atomic mass is 16.5. The van der Waals surface area contributed by atoms with Gasteiger partial charge in [0.05, 0.1) is 5.69 Å². The van der Waals surface area contributed by atoms with Gasteiger partial charge in [0, 0.05) is 0 Å². The molecule has 5 nitrogen and oxygen atoms in total. The van der Waals surface area contributed by atoms with Crippen molar-refractivity contribution < 1.29 is 15.0 Å². The number of rotatable bonds is 1. The molecule has 0 atom stereocenters. The van der Waals surface area contributed by atoms with E-state index in [9.17, 15) is 15.0 Å². The standard InChI is InChI=1S/C11H14N2O3/c1-10(2)11(15,16)13(9(14)12-10)8-6-4-3-5-7-8/h3-7,15-16H,1-2H3,(H,12,14). The third-order valence-electron chi connectivity index (χ3n) is 2.79. The topological polar surface area (TPSA) is 72.8 Å². The van der Waals surface area contributed by atoms with Crippen molar-refractivity contribution in [3.8, 4) is 0 Å². The zero-order chi connectivity index (χ0) is 12.0. The van der Waals surface area contributed by atoms with E-state index in [2.05, 4.69) is 5.32 Å². The van der Waals surface area contributed by atoms with E-state index >= 15 is 0 Å². The number of nitrogens with zero attached hydrogens (tertiary/aromatic N) is 1. The number of hydrogen-bond acceptors (Lipinski definition) is 3. The van der Waals surface area contributed by atoms with Crippen LogP contribution in [0.25, 0.3) is 0 Å². The maximum Gasteiger partial charge on any atom is 0.326 e. The maximum atomic E-state index is 11.7. The molecule has 2 amide bonds. The minimum atomic E-state index is -2.24. The van der Waals surface area contributed by atoms with Crippen LogP contribution in [-0.2, 0) is 0 Å². The van der Waals surface area contributed by atoms with Gasteiger partial charge in [-0.25, -0.2) is 9.69 Å². The number of benzene rings is 1. The van der Waals surface area contributed by atoms with Gasteiger partial charge < -0.3 is 15.5 Å². The summed E-state index contributed by atoms with van der Waals surface area (Å²) in [5.41, 5.74) is -0.685. The van der Waals surface area contributed by atoms with Crippen molar-refractivity contribution in [2.45, 2.75) is 25.3 Å². The highest BCUT2D eigenvalue weighted by Gasteiger charge is 2.57. The molecular weight excluding hydrogens is 208 g/mol. The molecule has 1 aliphatic heterocycles. The Bertz CT molecular complexity index is 414. The molecular formula is C11H14N2O3. The quantitative estimate of drug-likeness (QED) is 0.610. The first-order chi connectivity index (χ1) is 7.36. The molecule has 0 bridgehead atoms. The fourth-order valence-corrected chi connectivity index (χ4v) is 1.70. The molecule has 1 aromatic rings. The predicted octanol–water partition coefficient (Wildman–Crippen LogP) is 0.633. The summed E-state index contributed by atoms with van der Waals surface area (Å²) in [6.07, 6.45) is 0. The monoisotopic (exact) mass is 222 g/mol. The summed E-state index contributed by atoms with van der Waals surface area (Å²) in [4.78, 5) is 12.6. The number of amides is 2. The Hall–Kier alpha value is -1.59. The molecule has 1 heterocycles. The van der Waals surface area contributed by atoms with Crippen LogP contribution >= 0.6 is 0 Å². The largest absolute Gasteiger partial charge is 0.347 e. The van der Waals surface area contributed by atoms with Crippen LogP contribution in [0.15, 0.2) is 30.3 Å². The molecule has 0 aromatic heterocycles. The van der Waals surface area contributed by atoms with Gasteiger partial charge in [0.15, 0.2) is 0 Å². The second-order valence-electron chi connectivity index (χ2n) is 4.36. The molecule has 1 saturated heterocycles. The number of nitrogens with one attached hydrogen (secondary N) is 1. The number of urea groups is 1. The first-order valence-electron chi connectivity index (χ1n) is 4.98. The molecule has 16 heavy (non-hydrogen) atoms. The average molecular weight is 222 g/mol. The van der Waals surface area contributed by atoms with Gasteiger partial charge in [-0.15, -0.1) is 0 Å². The lowest BCUT2D eigenvalue weighted by atomic mass is 10.0. The second-order valence-corrected chi connectivity index (χ2v) is 4.36. The van der Waals surface area contributed by atoms with Gasteiger partial charge in [-0.2, -0.15) is 0 Å². The fraction of sp³-hybridized carbons (Fsp3) is 0.364. The molecule has 0 spiro atoms. The number of carbonyl (C=O) groups excluding carboxylic acids is 1. The first-order valence-corrected chi connectivity index (χ1v) is 4.98. The number of para-hydroxylation sites is 1. The lowest BCUT2D eigenvalue weighted by Crippen LogP contribution is -2.58. The summed E-state index contributed by atoms with van der Waals surface area (Å²) in [7, 11) is 0. The third-order valence-corrected chi connectivity index (χ3v) is 2.79. The van der Waals surface area contributed by atoms with Crippen molar-refractivity contribution >= 4 is 11.7 Å². The van der Waals surface area contributed by atoms with Crippen LogP contribution in [-0.4, -0.2) is 27.7 Å². The summed E-state index contributed by atoms with van der Waals surface area (Å²) >= 11 is 0. The molecule has 5 heteroatoms. The minimum absolute atomic E-state index is 0.440. The van der Waals surface area contributed by atoms with Gasteiger partial charge in [0.2, 0.25) is 0 Å². The van der Waals surface area contributed by atoms with E-state index < -0.39 is 17.5 Å². The van der Waals surface area contributed by atoms with E-state index in [1.165, 1.54) is 0 Å². The average Bonchev–Trinajstić information content (AvgIpc) is 2.33. The predicted molar refractivity (Wildman–Crippen MR) is 58.7 cm³/mol. The molecule has 86 valence electrons. The minimum Gasteiger partial charge on any atom is -0.347 e. The van der Waals surface area contributed by atoms with Gasteiger partial charge in [-0.1, -0.05) is 18.2 Å². The van der Waals surface area contributed by atoms with Crippen LogP contribution in [0.5, 0.6) is 0 Å². The molecule has 2 rings (SSSR count). The molecule has 0 unspecified atom stereocenters. The zero-order valence-electron chi connectivity index (χ0n) is 9.14. The lowest BCUT2D eigenvalue weighted by Gasteiger charge is -2.34. The van der Waals surface area contributed by atoms with Crippen molar-refractivity contribution in [3.05, 3.63) is 30.3 Å². The number of anilines is 1. The number of carbonyl (C=O) groups is 1. The molecule has 0 saturated carbocycles. The Balaban J connectivity index is 2.47.